The van der Waals surface area contributed by atoms with Crippen LogP contribution in [0.3, 0.4) is 0 Å². The van der Waals surface area contributed by atoms with Crippen LogP contribution in [0.15, 0.2) is 24.3 Å². The molecule has 2 fully saturated rings. The normalized spacial score (nSPS) is 20.8. The molecule has 2 heterocycles. The molecule has 1 aromatic carbocycles. The maximum Gasteiger partial charge on any atom is 0.387 e. The van der Waals surface area contributed by atoms with Gasteiger partial charge in [-0.2, -0.15) is 17.6 Å². The molecular weight excluding hydrogens is 398 g/mol. The van der Waals surface area contributed by atoms with Crippen molar-refractivity contribution in [1.29, 1.82) is 0 Å². The average molecular weight is 419 g/mol. The van der Waals surface area contributed by atoms with Crippen molar-refractivity contribution in [2.24, 2.45) is 0 Å². The van der Waals surface area contributed by atoms with Crippen LogP contribution in [0.2, 0.25) is 0 Å². The Morgan fingerprint density at radius 2 is 1.83 bits per heavy atom. The van der Waals surface area contributed by atoms with E-state index in [0.717, 1.165) is 25.3 Å². The summed E-state index contributed by atoms with van der Waals surface area (Å²) in [6.07, 6.45) is 4.57. The molecule has 2 aliphatic heterocycles. The van der Waals surface area contributed by atoms with Gasteiger partial charge in [0.25, 0.3) is 0 Å². The number of benzene rings is 1. The van der Waals surface area contributed by atoms with Gasteiger partial charge in [0.2, 0.25) is 5.91 Å². The monoisotopic (exact) mass is 419 g/mol. The Morgan fingerprint density at radius 3 is 2.52 bits per heavy atom. The average Bonchev–Trinajstić information content (AvgIpc) is 3.21. The second-order valence-corrected chi connectivity index (χ2v) is 6.49. The van der Waals surface area contributed by atoms with Crippen molar-refractivity contribution in [2.75, 3.05) is 19.8 Å². The molecule has 0 aromatic heterocycles. The second kappa shape index (κ2) is 9.93. The molecule has 0 bridgehead atoms. The van der Waals surface area contributed by atoms with Crippen LogP contribution in [0.4, 0.5) is 17.6 Å². The van der Waals surface area contributed by atoms with Crippen molar-refractivity contribution in [1.82, 2.24) is 4.90 Å². The number of piperidine rings is 1. The molecule has 0 radical (unpaired) electrons. The van der Waals surface area contributed by atoms with E-state index in [0.29, 0.717) is 19.8 Å². The number of amides is 1. The van der Waals surface area contributed by atoms with Gasteiger partial charge >= 0.3 is 13.2 Å². The van der Waals surface area contributed by atoms with E-state index in [1.807, 2.05) is 0 Å². The van der Waals surface area contributed by atoms with Crippen LogP contribution >= 0.6 is 0 Å². The minimum Gasteiger partial charge on any atom is -0.435 e. The fourth-order valence-electron chi connectivity index (χ4n) is 3.40. The SMILES string of the molecule is O=C(/C=C/c1ccc(OC(F)F)cc1OC(F)F)N1CCCCC1C1OCCO1. The van der Waals surface area contributed by atoms with Crippen LogP contribution in [0.25, 0.3) is 6.08 Å². The first kappa shape index (κ1) is 21.4. The number of carbonyl (C=O) groups excluding carboxylic acids is 1. The summed E-state index contributed by atoms with van der Waals surface area (Å²) >= 11 is 0. The Kier molecular flexibility index (Phi) is 7.32. The maximum atomic E-state index is 12.7. The third-order valence-corrected chi connectivity index (χ3v) is 4.63. The molecule has 0 aliphatic carbocycles. The summed E-state index contributed by atoms with van der Waals surface area (Å²) in [6.45, 7) is -4.80. The van der Waals surface area contributed by atoms with E-state index >= 15 is 0 Å². The molecule has 1 amide bonds. The largest absolute Gasteiger partial charge is 0.435 e. The number of likely N-dealkylation sites (tertiary alicyclic amines) is 1. The molecule has 160 valence electrons. The van der Waals surface area contributed by atoms with Crippen LogP contribution < -0.4 is 9.47 Å². The first-order valence-corrected chi connectivity index (χ1v) is 9.19. The highest BCUT2D eigenvalue weighted by molar-refractivity contribution is 5.92. The molecule has 1 unspecified atom stereocenters. The topological polar surface area (TPSA) is 57.2 Å². The quantitative estimate of drug-likeness (QED) is 0.499. The lowest BCUT2D eigenvalue weighted by Gasteiger charge is -2.37. The van der Waals surface area contributed by atoms with Crippen molar-refractivity contribution in [3.63, 3.8) is 0 Å². The summed E-state index contributed by atoms with van der Waals surface area (Å²) in [5.74, 6) is -1.03. The molecule has 6 nitrogen and oxygen atoms in total. The zero-order chi connectivity index (χ0) is 20.8. The highest BCUT2D eigenvalue weighted by atomic mass is 19.3. The molecule has 0 N–H and O–H groups in total. The van der Waals surface area contributed by atoms with Gasteiger partial charge in [-0.05, 0) is 37.5 Å². The van der Waals surface area contributed by atoms with Gasteiger partial charge in [0.05, 0.1) is 19.3 Å². The molecular formula is C19H21F4NO5. The van der Waals surface area contributed by atoms with Gasteiger partial charge < -0.3 is 23.8 Å². The molecule has 2 aliphatic rings. The lowest BCUT2D eigenvalue weighted by atomic mass is 10.0. The third kappa shape index (κ3) is 5.83. The predicted molar refractivity (Wildman–Crippen MR) is 93.8 cm³/mol. The first-order valence-electron chi connectivity index (χ1n) is 9.19. The summed E-state index contributed by atoms with van der Waals surface area (Å²) in [5.41, 5.74) is 0.127. The van der Waals surface area contributed by atoms with E-state index in [1.165, 1.54) is 24.3 Å². The molecule has 2 saturated heterocycles. The van der Waals surface area contributed by atoms with Gasteiger partial charge in [-0.15, -0.1) is 0 Å². The van der Waals surface area contributed by atoms with Crippen LogP contribution in [0, 0.1) is 0 Å². The van der Waals surface area contributed by atoms with E-state index in [2.05, 4.69) is 9.47 Å². The zero-order valence-corrected chi connectivity index (χ0v) is 15.4. The third-order valence-electron chi connectivity index (χ3n) is 4.63. The Bertz CT molecular complexity index is 725. The first-order chi connectivity index (χ1) is 13.9. The number of halogens is 4. The summed E-state index contributed by atoms with van der Waals surface area (Å²) < 4.78 is 69.6. The number of carbonyl (C=O) groups is 1. The molecule has 10 heteroatoms. The number of alkyl halides is 4. The fourth-order valence-corrected chi connectivity index (χ4v) is 3.40. The minimum absolute atomic E-state index is 0.127. The van der Waals surface area contributed by atoms with Crippen molar-refractivity contribution >= 4 is 12.0 Å². The fraction of sp³-hybridized carbons (Fsp3) is 0.526. The van der Waals surface area contributed by atoms with Crippen LogP contribution in [0.1, 0.15) is 24.8 Å². The summed E-state index contributed by atoms with van der Waals surface area (Å²) in [4.78, 5) is 14.3. The number of rotatable bonds is 7. The maximum absolute atomic E-state index is 12.7. The van der Waals surface area contributed by atoms with Crippen molar-refractivity contribution in [3.8, 4) is 11.5 Å². The van der Waals surface area contributed by atoms with Gasteiger partial charge in [0.1, 0.15) is 11.5 Å². The van der Waals surface area contributed by atoms with E-state index in [1.54, 1.807) is 4.90 Å². The summed E-state index contributed by atoms with van der Waals surface area (Å²) in [5, 5.41) is 0. The Balaban J connectivity index is 1.75. The lowest BCUT2D eigenvalue weighted by Crippen LogP contribution is -2.49. The van der Waals surface area contributed by atoms with Crippen LogP contribution in [-0.4, -0.2) is 56.1 Å². The summed E-state index contributed by atoms with van der Waals surface area (Å²) in [6, 6.07) is 3.14. The molecule has 1 atom stereocenters. The number of ether oxygens (including phenoxy) is 4. The van der Waals surface area contributed by atoms with E-state index in [-0.39, 0.29) is 29.0 Å². The minimum atomic E-state index is -3.16. The number of hydrogen-bond acceptors (Lipinski definition) is 5. The van der Waals surface area contributed by atoms with E-state index in [4.69, 9.17) is 9.47 Å². The molecule has 0 spiro atoms. The van der Waals surface area contributed by atoms with E-state index < -0.39 is 19.5 Å². The Hall–Kier alpha value is -2.33. The molecule has 1 aromatic rings. The van der Waals surface area contributed by atoms with Gasteiger partial charge in [0.15, 0.2) is 6.29 Å². The van der Waals surface area contributed by atoms with E-state index in [9.17, 15) is 22.4 Å². The molecule has 29 heavy (non-hydrogen) atoms. The predicted octanol–water partition coefficient (Wildman–Crippen LogP) is 3.66. The highest BCUT2D eigenvalue weighted by Gasteiger charge is 2.35. The van der Waals surface area contributed by atoms with Gasteiger partial charge in [0, 0.05) is 24.3 Å². The highest BCUT2D eigenvalue weighted by Crippen LogP contribution is 2.29. The van der Waals surface area contributed by atoms with Crippen molar-refractivity contribution in [2.45, 2.75) is 44.8 Å². The molecule has 0 saturated carbocycles. The lowest BCUT2D eigenvalue weighted by molar-refractivity contribution is -0.145. The second-order valence-electron chi connectivity index (χ2n) is 6.49. The van der Waals surface area contributed by atoms with Crippen molar-refractivity contribution in [3.05, 3.63) is 29.8 Å². The van der Waals surface area contributed by atoms with Crippen LogP contribution in [0.5, 0.6) is 11.5 Å². The number of nitrogens with zero attached hydrogens (tertiary/aromatic N) is 1. The Labute approximate surface area is 165 Å². The zero-order valence-electron chi connectivity index (χ0n) is 15.4. The van der Waals surface area contributed by atoms with Crippen molar-refractivity contribution < 1.29 is 41.3 Å². The standard InChI is InChI=1S/C19H21F4NO5/c20-18(21)28-13-6-4-12(15(11-13)29-19(22)23)5-7-16(25)24-8-2-1-3-14(24)17-26-9-10-27-17/h4-7,11,14,17-19H,1-3,8-10H2/b7-5+. The smallest absolute Gasteiger partial charge is 0.387 e. The van der Waals surface area contributed by atoms with Gasteiger partial charge in [-0.3, -0.25) is 4.79 Å². The Morgan fingerprint density at radius 1 is 1.10 bits per heavy atom. The van der Waals surface area contributed by atoms with Gasteiger partial charge in [-0.1, -0.05) is 0 Å². The molecule has 3 rings (SSSR count). The van der Waals surface area contributed by atoms with Gasteiger partial charge in [-0.25, -0.2) is 0 Å². The van der Waals surface area contributed by atoms with Crippen LogP contribution in [-0.2, 0) is 14.3 Å². The number of hydrogen-bond donors (Lipinski definition) is 0. The summed E-state index contributed by atoms with van der Waals surface area (Å²) in [7, 11) is 0.